The Labute approximate surface area is 135 Å². The maximum absolute atomic E-state index is 11.3. The number of amides is 1. The lowest BCUT2D eigenvalue weighted by Crippen LogP contribution is -2.46. The molecule has 2 atom stereocenters. The molecule has 1 saturated heterocycles. The molecule has 5 nitrogen and oxygen atoms in total. The molecule has 1 amide bonds. The highest BCUT2D eigenvalue weighted by Gasteiger charge is 2.30. The summed E-state index contributed by atoms with van der Waals surface area (Å²) in [4.78, 5) is 11.3. The molecule has 0 aliphatic carbocycles. The standard InChI is InChI=1S/C18H19NO4/c1-21-14-9-5-6-10-15(14)23-18(13-7-3-2-4-8-13)16-11-19-17(20)12-22-16/h2-10,16,18H,11-12H2,1H3,(H,19,20)/t16-,18-/m0/s1. The van der Waals surface area contributed by atoms with Gasteiger partial charge in [-0.3, -0.25) is 4.79 Å². The minimum absolute atomic E-state index is 0.0449. The zero-order chi connectivity index (χ0) is 16.1. The van der Waals surface area contributed by atoms with Gasteiger partial charge in [-0.2, -0.15) is 0 Å². The van der Waals surface area contributed by atoms with E-state index in [4.69, 9.17) is 14.2 Å². The Balaban J connectivity index is 1.87. The second-order valence-electron chi connectivity index (χ2n) is 5.25. The van der Waals surface area contributed by atoms with Gasteiger partial charge in [-0.25, -0.2) is 0 Å². The molecule has 5 heteroatoms. The topological polar surface area (TPSA) is 56.8 Å². The number of nitrogens with one attached hydrogen (secondary N) is 1. The van der Waals surface area contributed by atoms with Crippen molar-refractivity contribution in [3.63, 3.8) is 0 Å². The Bertz CT molecular complexity index is 649. The summed E-state index contributed by atoms with van der Waals surface area (Å²) in [5, 5.41) is 2.82. The van der Waals surface area contributed by atoms with E-state index >= 15 is 0 Å². The van der Waals surface area contributed by atoms with Crippen LogP contribution >= 0.6 is 0 Å². The number of rotatable bonds is 5. The van der Waals surface area contributed by atoms with Crippen molar-refractivity contribution in [1.29, 1.82) is 0 Å². The van der Waals surface area contributed by atoms with Gasteiger partial charge in [-0.05, 0) is 17.7 Å². The number of methoxy groups -OCH3 is 1. The van der Waals surface area contributed by atoms with E-state index < -0.39 is 0 Å². The van der Waals surface area contributed by atoms with Crippen molar-refractivity contribution in [2.75, 3.05) is 20.3 Å². The number of para-hydroxylation sites is 2. The Morgan fingerprint density at radius 2 is 1.78 bits per heavy atom. The van der Waals surface area contributed by atoms with E-state index in [1.165, 1.54) is 0 Å². The smallest absolute Gasteiger partial charge is 0.246 e. The lowest BCUT2D eigenvalue weighted by Gasteiger charge is -2.31. The lowest BCUT2D eigenvalue weighted by atomic mass is 10.0. The van der Waals surface area contributed by atoms with E-state index in [2.05, 4.69) is 5.32 Å². The van der Waals surface area contributed by atoms with Gasteiger partial charge in [0, 0.05) is 6.54 Å². The summed E-state index contributed by atoms with van der Waals surface area (Å²) in [6, 6.07) is 17.3. The van der Waals surface area contributed by atoms with Gasteiger partial charge < -0.3 is 19.5 Å². The predicted molar refractivity (Wildman–Crippen MR) is 85.6 cm³/mol. The van der Waals surface area contributed by atoms with Gasteiger partial charge >= 0.3 is 0 Å². The van der Waals surface area contributed by atoms with Crippen molar-refractivity contribution < 1.29 is 19.0 Å². The molecule has 2 aromatic carbocycles. The van der Waals surface area contributed by atoms with Crippen LogP contribution in [0.25, 0.3) is 0 Å². The Morgan fingerprint density at radius 1 is 1.09 bits per heavy atom. The van der Waals surface area contributed by atoms with Crippen LogP contribution in [0.3, 0.4) is 0 Å². The molecule has 0 bridgehead atoms. The van der Waals surface area contributed by atoms with Crippen molar-refractivity contribution in [3.05, 3.63) is 60.2 Å². The minimum Gasteiger partial charge on any atom is -0.493 e. The third-order valence-electron chi connectivity index (χ3n) is 3.72. The van der Waals surface area contributed by atoms with Crippen LogP contribution in [0.15, 0.2) is 54.6 Å². The molecule has 1 aliphatic rings. The maximum atomic E-state index is 11.3. The van der Waals surface area contributed by atoms with E-state index in [9.17, 15) is 4.79 Å². The largest absolute Gasteiger partial charge is 0.493 e. The summed E-state index contributed by atoms with van der Waals surface area (Å²) in [7, 11) is 1.61. The fourth-order valence-electron chi connectivity index (χ4n) is 2.56. The first-order chi connectivity index (χ1) is 11.3. The average molecular weight is 313 g/mol. The molecule has 1 fully saturated rings. The normalized spacial score (nSPS) is 18.8. The molecule has 3 rings (SSSR count). The monoisotopic (exact) mass is 313 g/mol. The molecule has 1 aliphatic heterocycles. The summed E-state index contributed by atoms with van der Waals surface area (Å²) in [6.07, 6.45) is -0.604. The molecule has 1 heterocycles. The summed E-state index contributed by atoms with van der Waals surface area (Å²) in [5.41, 5.74) is 0.986. The van der Waals surface area contributed by atoms with Crippen molar-refractivity contribution in [2.45, 2.75) is 12.2 Å². The minimum atomic E-state index is -0.340. The van der Waals surface area contributed by atoms with Crippen molar-refractivity contribution in [3.8, 4) is 11.5 Å². The van der Waals surface area contributed by atoms with E-state index in [1.807, 2.05) is 54.6 Å². The number of carbonyl (C=O) groups is 1. The highest BCUT2D eigenvalue weighted by Crippen LogP contribution is 2.33. The fourth-order valence-corrected chi connectivity index (χ4v) is 2.56. The number of hydrogen-bond donors (Lipinski definition) is 1. The Hall–Kier alpha value is -2.53. The molecule has 120 valence electrons. The van der Waals surface area contributed by atoms with Gasteiger partial charge in [0.1, 0.15) is 12.7 Å². The molecule has 0 spiro atoms. The molecule has 2 aromatic rings. The van der Waals surface area contributed by atoms with Crippen LogP contribution in [0.2, 0.25) is 0 Å². The number of benzene rings is 2. The highest BCUT2D eigenvalue weighted by molar-refractivity contribution is 5.77. The van der Waals surface area contributed by atoms with Crippen LogP contribution in [0.1, 0.15) is 11.7 Å². The molecule has 23 heavy (non-hydrogen) atoms. The number of hydrogen-bond acceptors (Lipinski definition) is 4. The second-order valence-corrected chi connectivity index (χ2v) is 5.25. The number of carbonyl (C=O) groups excluding carboxylic acids is 1. The lowest BCUT2D eigenvalue weighted by molar-refractivity contribution is -0.137. The summed E-state index contributed by atoms with van der Waals surface area (Å²) < 4.78 is 17.2. The number of morpholine rings is 1. The summed E-state index contributed by atoms with van der Waals surface area (Å²) in [6.45, 7) is 0.455. The molecule has 0 saturated carbocycles. The van der Waals surface area contributed by atoms with E-state index in [0.717, 1.165) is 5.56 Å². The van der Waals surface area contributed by atoms with Gasteiger partial charge in [-0.15, -0.1) is 0 Å². The van der Waals surface area contributed by atoms with Gasteiger partial charge in [0.15, 0.2) is 17.6 Å². The molecule has 0 radical (unpaired) electrons. The van der Waals surface area contributed by atoms with Gasteiger partial charge in [0.2, 0.25) is 5.91 Å². The van der Waals surface area contributed by atoms with Gasteiger partial charge in [-0.1, -0.05) is 42.5 Å². The molecule has 0 unspecified atom stereocenters. The summed E-state index contributed by atoms with van der Waals surface area (Å²) in [5.74, 6) is 1.20. The third-order valence-corrected chi connectivity index (χ3v) is 3.72. The van der Waals surface area contributed by atoms with Crippen LogP contribution in [0.5, 0.6) is 11.5 Å². The molecule has 1 N–H and O–H groups in total. The average Bonchev–Trinajstić information content (AvgIpc) is 2.61. The van der Waals surface area contributed by atoms with Crippen LogP contribution < -0.4 is 14.8 Å². The summed E-state index contributed by atoms with van der Waals surface area (Å²) >= 11 is 0. The first-order valence-corrected chi connectivity index (χ1v) is 7.51. The number of ether oxygens (including phenoxy) is 3. The third kappa shape index (κ3) is 3.63. The van der Waals surface area contributed by atoms with Crippen molar-refractivity contribution in [2.24, 2.45) is 0 Å². The molecular weight excluding hydrogens is 294 g/mol. The first kappa shape index (κ1) is 15.4. The zero-order valence-electron chi connectivity index (χ0n) is 12.9. The van der Waals surface area contributed by atoms with E-state index in [-0.39, 0.29) is 24.7 Å². The van der Waals surface area contributed by atoms with Crippen LogP contribution in [0.4, 0.5) is 0 Å². The second kappa shape index (κ2) is 7.15. The van der Waals surface area contributed by atoms with Crippen LogP contribution in [-0.4, -0.2) is 32.3 Å². The zero-order valence-corrected chi connectivity index (χ0v) is 12.9. The van der Waals surface area contributed by atoms with E-state index in [0.29, 0.717) is 18.0 Å². The van der Waals surface area contributed by atoms with Gasteiger partial charge in [0.05, 0.1) is 7.11 Å². The van der Waals surface area contributed by atoms with Crippen LogP contribution in [-0.2, 0) is 9.53 Å². The van der Waals surface area contributed by atoms with Crippen molar-refractivity contribution >= 4 is 5.91 Å². The highest BCUT2D eigenvalue weighted by atomic mass is 16.6. The first-order valence-electron chi connectivity index (χ1n) is 7.51. The SMILES string of the molecule is COc1ccccc1O[C@@H](c1ccccc1)[C@@H]1CNC(=O)CO1. The van der Waals surface area contributed by atoms with Gasteiger partial charge in [0.25, 0.3) is 0 Å². The predicted octanol–water partition coefficient (Wildman–Crippen LogP) is 2.33. The Kier molecular flexibility index (Phi) is 4.78. The van der Waals surface area contributed by atoms with Crippen molar-refractivity contribution in [1.82, 2.24) is 5.32 Å². The molecular formula is C18H19NO4. The maximum Gasteiger partial charge on any atom is 0.246 e. The van der Waals surface area contributed by atoms with Crippen LogP contribution in [0, 0.1) is 0 Å². The fraction of sp³-hybridized carbons (Fsp3) is 0.278. The quantitative estimate of drug-likeness (QED) is 0.920. The Morgan fingerprint density at radius 3 is 2.43 bits per heavy atom. The molecule has 0 aromatic heterocycles. The van der Waals surface area contributed by atoms with E-state index in [1.54, 1.807) is 7.11 Å².